The number of sulfonamides is 1. The van der Waals surface area contributed by atoms with Gasteiger partial charge in [-0.15, -0.1) is 0 Å². The molecule has 21 heavy (non-hydrogen) atoms. The first-order valence-electron chi connectivity index (χ1n) is 6.45. The smallest absolute Gasteiger partial charge is 0.241 e. The van der Waals surface area contributed by atoms with Crippen LogP contribution in [0.1, 0.15) is 18.2 Å². The second-order valence-electron chi connectivity index (χ2n) is 4.68. The molecular weight excluding hydrogens is 356 g/mol. The minimum absolute atomic E-state index is 0.163. The molecule has 0 amide bonds. The van der Waals surface area contributed by atoms with Gasteiger partial charge in [0, 0.05) is 30.0 Å². The van der Waals surface area contributed by atoms with E-state index in [0.717, 1.165) is 5.69 Å². The Morgan fingerprint density at radius 3 is 2.62 bits per heavy atom. The molecule has 0 aliphatic rings. The summed E-state index contributed by atoms with van der Waals surface area (Å²) < 4.78 is 29.1. The van der Waals surface area contributed by atoms with Gasteiger partial charge >= 0.3 is 0 Å². The summed E-state index contributed by atoms with van der Waals surface area (Å²) in [5.74, 6) is 0. The van der Waals surface area contributed by atoms with Crippen LogP contribution in [0.2, 0.25) is 0 Å². The summed E-state index contributed by atoms with van der Waals surface area (Å²) in [6.07, 6.45) is 1.44. The van der Waals surface area contributed by atoms with Crippen molar-refractivity contribution in [2.24, 2.45) is 7.05 Å². The lowest BCUT2D eigenvalue weighted by Crippen LogP contribution is -2.26. The molecule has 2 rings (SSSR count). The van der Waals surface area contributed by atoms with Gasteiger partial charge in [0.05, 0.1) is 11.0 Å². The third-order valence-corrected chi connectivity index (χ3v) is 5.63. The van der Waals surface area contributed by atoms with E-state index in [1.807, 2.05) is 29.9 Å². The lowest BCUT2D eigenvalue weighted by molar-refractivity contribution is 0.161. The average molecular weight is 373 g/mol. The second-order valence-corrected chi connectivity index (χ2v) is 7.27. The summed E-state index contributed by atoms with van der Waals surface area (Å²) >= 11 is 3.22. The molecule has 0 aliphatic heterocycles. The molecule has 1 aromatic carbocycles. The van der Waals surface area contributed by atoms with Crippen LogP contribution in [0.15, 0.2) is 52.0 Å². The first-order valence-corrected chi connectivity index (χ1v) is 8.73. The third-order valence-electron chi connectivity index (χ3n) is 3.16. The van der Waals surface area contributed by atoms with E-state index in [-0.39, 0.29) is 11.4 Å². The zero-order chi connectivity index (χ0) is 15.5. The number of benzene rings is 1. The SMILES string of the molecule is Cn1cccc1[C@@H](O)CCNS(=O)(=O)c1ccccc1Br. The fraction of sp³-hybridized carbons (Fsp3) is 0.286. The maximum atomic E-state index is 12.2. The van der Waals surface area contributed by atoms with Gasteiger partial charge in [-0.1, -0.05) is 12.1 Å². The van der Waals surface area contributed by atoms with Crippen molar-refractivity contribution in [3.8, 4) is 0 Å². The van der Waals surface area contributed by atoms with E-state index < -0.39 is 16.1 Å². The predicted molar refractivity (Wildman–Crippen MR) is 84.3 cm³/mol. The van der Waals surface area contributed by atoms with Crippen LogP contribution < -0.4 is 4.72 Å². The molecule has 0 saturated carbocycles. The molecule has 0 fully saturated rings. The Kier molecular flexibility index (Phi) is 5.21. The van der Waals surface area contributed by atoms with Gasteiger partial charge in [0.1, 0.15) is 0 Å². The van der Waals surface area contributed by atoms with Gasteiger partial charge < -0.3 is 9.67 Å². The van der Waals surface area contributed by atoms with Gasteiger partial charge in [-0.25, -0.2) is 13.1 Å². The molecule has 0 bridgehead atoms. The standard InChI is InChI=1S/C14H17BrN2O3S/c1-17-10-4-6-12(17)13(18)8-9-16-21(19,20)14-7-3-2-5-11(14)15/h2-7,10,13,16,18H,8-9H2,1H3/t13-/m0/s1. The van der Waals surface area contributed by atoms with Crippen LogP contribution in [-0.2, 0) is 17.1 Å². The number of halogens is 1. The van der Waals surface area contributed by atoms with Crippen LogP contribution in [0.4, 0.5) is 0 Å². The predicted octanol–water partition coefficient (Wildman–Crippen LogP) is 2.19. The Morgan fingerprint density at radius 1 is 1.29 bits per heavy atom. The lowest BCUT2D eigenvalue weighted by atomic mass is 10.2. The molecule has 2 aromatic rings. The van der Waals surface area contributed by atoms with E-state index >= 15 is 0 Å². The number of aromatic nitrogens is 1. The molecular formula is C14H17BrN2O3S. The Balaban J connectivity index is 1.97. The fourth-order valence-corrected chi connectivity index (χ4v) is 4.09. The maximum absolute atomic E-state index is 12.2. The first-order chi connectivity index (χ1) is 9.92. The number of rotatable bonds is 6. The third kappa shape index (κ3) is 3.94. The molecule has 0 radical (unpaired) electrons. The summed E-state index contributed by atoms with van der Waals surface area (Å²) in [5, 5.41) is 10.0. The van der Waals surface area contributed by atoms with Crippen molar-refractivity contribution in [3.05, 3.63) is 52.8 Å². The van der Waals surface area contributed by atoms with Crippen LogP contribution >= 0.6 is 15.9 Å². The number of hydrogen-bond donors (Lipinski definition) is 2. The highest BCUT2D eigenvalue weighted by Gasteiger charge is 2.18. The topological polar surface area (TPSA) is 71.3 Å². The summed E-state index contributed by atoms with van der Waals surface area (Å²) in [6, 6.07) is 10.3. The summed E-state index contributed by atoms with van der Waals surface area (Å²) in [5.41, 5.74) is 0.759. The van der Waals surface area contributed by atoms with E-state index in [4.69, 9.17) is 0 Å². The zero-order valence-electron chi connectivity index (χ0n) is 11.5. The number of aryl methyl sites for hydroxylation is 1. The zero-order valence-corrected chi connectivity index (χ0v) is 13.9. The van der Waals surface area contributed by atoms with Crippen molar-refractivity contribution in [1.82, 2.24) is 9.29 Å². The normalized spacial score (nSPS) is 13.3. The molecule has 0 aliphatic carbocycles. The number of hydrogen-bond acceptors (Lipinski definition) is 3. The number of nitrogens with zero attached hydrogens (tertiary/aromatic N) is 1. The fourth-order valence-electron chi connectivity index (χ4n) is 2.04. The number of nitrogens with one attached hydrogen (secondary N) is 1. The Hall–Kier alpha value is -1.15. The summed E-state index contributed by atoms with van der Waals surface area (Å²) in [7, 11) is -1.74. The number of aliphatic hydroxyl groups excluding tert-OH is 1. The minimum Gasteiger partial charge on any atom is -0.387 e. The highest BCUT2D eigenvalue weighted by molar-refractivity contribution is 9.10. The maximum Gasteiger partial charge on any atom is 0.241 e. The van der Waals surface area contributed by atoms with Gasteiger partial charge in [-0.3, -0.25) is 0 Å². The molecule has 114 valence electrons. The van der Waals surface area contributed by atoms with Gasteiger partial charge in [0.15, 0.2) is 0 Å². The van der Waals surface area contributed by atoms with Crippen molar-refractivity contribution < 1.29 is 13.5 Å². The Labute approximate surface area is 132 Å². The van der Waals surface area contributed by atoms with Crippen LogP contribution in [0.5, 0.6) is 0 Å². The summed E-state index contributed by atoms with van der Waals surface area (Å²) in [4.78, 5) is 0.193. The first kappa shape index (κ1) is 16.2. The molecule has 1 atom stereocenters. The van der Waals surface area contributed by atoms with E-state index in [1.165, 1.54) is 6.07 Å². The van der Waals surface area contributed by atoms with Crippen molar-refractivity contribution in [2.45, 2.75) is 17.4 Å². The van der Waals surface area contributed by atoms with Gasteiger partial charge in [0.2, 0.25) is 10.0 Å². The van der Waals surface area contributed by atoms with Gasteiger partial charge in [0.25, 0.3) is 0 Å². The molecule has 1 heterocycles. The highest BCUT2D eigenvalue weighted by Crippen LogP contribution is 2.21. The number of aliphatic hydroxyl groups is 1. The largest absolute Gasteiger partial charge is 0.387 e. The highest BCUT2D eigenvalue weighted by atomic mass is 79.9. The molecule has 0 saturated heterocycles. The molecule has 2 N–H and O–H groups in total. The van der Waals surface area contributed by atoms with Crippen LogP contribution in [-0.4, -0.2) is 24.6 Å². The van der Waals surface area contributed by atoms with Crippen LogP contribution in [0, 0.1) is 0 Å². The van der Waals surface area contributed by atoms with Gasteiger partial charge in [-0.05, 0) is 46.6 Å². The molecule has 1 aromatic heterocycles. The van der Waals surface area contributed by atoms with Crippen molar-refractivity contribution >= 4 is 26.0 Å². The molecule has 7 heteroatoms. The van der Waals surface area contributed by atoms with Crippen molar-refractivity contribution in [2.75, 3.05) is 6.54 Å². The summed E-state index contributed by atoms with van der Waals surface area (Å²) in [6.45, 7) is 0.163. The second kappa shape index (κ2) is 6.74. The van der Waals surface area contributed by atoms with Crippen molar-refractivity contribution in [1.29, 1.82) is 0 Å². The Morgan fingerprint density at radius 2 is 2.00 bits per heavy atom. The van der Waals surface area contributed by atoms with E-state index in [0.29, 0.717) is 10.9 Å². The van der Waals surface area contributed by atoms with E-state index in [9.17, 15) is 13.5 Å². The van der Waals surface area contributed by atoms with Crippen molar-refractivity contribution in [3.63, 3.8) is 0 Å². The molecule has 0 spiro atoms. The molecule has 5 nitrogen and oxygen atoms in total. The average Bonchev–Trinajstić information content (AvgIpc) is 2.85. The minimum atomic E-state index is -3.58. The monoisotopic (exact) mass is 372 g/mol. The van der Waals surface area contributed by atoms with Crippen LogP contribution in [0.3, 0.4) is 0 Å². The lowest BCUT2D eigenvalue weighted by Gasteiger charge is -2.13. The Bertz CT molecular complexity index is 713. The quantitative estimate of drug-likeness (QED) is 0.816. The van der Waals surface area contributed by atoms with E-state index in [1.54, 1.807) is 18.2 Å². The van der Waals surface area contributed by atoms with Crippen LogP contribution in [0.25, 0.3) is 0 Å². The van der Waals surface area contributed by atoms with E-state index in [2.05, 4.69) is 20.7 Å². The van der Waals surface area contributed by atoms with Gasteiger partial charge in [-0.2, -0.15) is 0 Å². The molecule has 0 unspecified atom stereocenters.